The van der Waals surface area contributed by atoms with Crippen molar-refractivity contribution in [3.63, 3.8) is 0 Å². The molecule has 3 nitrogen and oxygen atoms in total. The molecule has 0 aromatic heterocycles. The maximum Gasteiger partial charge on any atom is 0.224 e. The van der Waals surface area contributed by atoms with Crippen molar-refractivity contribution >= 4 is 5.91 Å². The van der Waals surface area contributed by atoms with Gasteiger partial charge in [-0.1, -0.05) is 56.5 Å². The number of hydrogen-bond donors (Lipinski definition) is 2. The SMILES string of the molecule is CCC(CC)C(N)CNC(=O)Cc1cccc(C)c1. The van der Waals surface area contributed by atoms with Gasteiger partial charge in [0, 0.05) is 12.6 Å². The van der Waals surface area contributed by atoms with Crippen molar-refractivity contribution < 1.29 is 4.79 Å². The molecular weight excluding hydrogens is 236 g/mol. The van der Waals surface area contributed by atoms with E-state index in [9.17, 15) is 4.79 Å². The maximum atomic E-state index is 11.9. The van der Waals surface area contributed by atoms with Crippen molar-refractivity contribution in [2.75, 3.05) is 6.54 Å². The van der Waals surface area contributed by atoms with Gasteiger partial charge in [-0.05, 0) is 18.4 Å². The number of nitrogens with two attached hydrogens (primary N) is 1. The van der Waals surface area contributed by atoms with Gasteiger partial charge in [-0.3, -0.25) is 4.79 Å². The molecule has 0 aliphatic rings. The molecule has 3 heteroatoms. The van der Waals surface area contributed by atoms with Crippen LogP contribution in [0.1, 0.15) is 37.8 Å². The van der Waals surface area contributed by atoms with E-state index in [1.54, 1.807) is 0 Å². The second-order valence-electron chi connectivity index (χ2n) is 5.21. The minimum atomic E-state index is 0.0482. The number of rotatable bonds is 7. The molecule has 0 bridgehead atoms. The van der Waals surface area contributed by atoms with Crippen LogP contribution in [-0.4, -0.2) is 18.5 Å². The Bertz CT molecular complexity index is 399. The molecule has 3 N–H and O–H groups in total. The molecule has 1 unspecified atom stereocenters. The fourth-order valence-electron chi connectivity index (χ4n) is 2.36. The van der Waals surface area contributed by atoms with E-state index >= 15 is 0 Å². The Kier molecular flexibility index (Phi) is 6.57. The fourth-order valence-corrected chi connectivity index (χ4v) is 2.36. The first kappa shape index (κ1) is 15.7. The summed E-state index contributed by atoms with van der Waals surface area (Å²) < 4.78 is 0. The second-order valence-corrected chi connectivity index (χ2v) is 5.21. The molecule has 0 saturated heterocycles. The zero-order chi connectivity index (χ0) is 14.3. The Hall–Kier alpha value is -1.35. The van der Waals surface area contributed by atoms with E-state index in [2.05, 4.69) is 19.2 Å². The first-order valence-electron chi connectivity index (χ1n) is 7.14. The Morgan fingerprint density at radius 1 is 1.32 bits per heavy atom. The highest BCUT2D eigenvalue weighted by molar-refractivity contribution is 5.78. The number of nitrogens with one attached hydrogen (secondary N) is 1. The van der Waals surface area contributed by atoms with Crippen LogP contribution in [-0.2, 0) is 11.2 Å². The lowest BCUT2D eigenvalue weighted by molar-refractivity contribution is -0.120. The van der Waals surface area contributed by atoms with Crippen molar-refractivity contribution in [1.29, 1.82) is 0 Å². The number of hydrogen-bond acceptors (Lipinski definition) is 2. The lowest BCUT2D eigenvalue weighted by Crippen LogP contribution is -2.42. The predicted octanol–water partition coefficient (Wildman–Crippen LogP) is 2.42. The number of aryl methyl sites for hydroxylation is 1. The largest absolute Gasteiger partial charge is 0.354 e. The van der Waals surface area contributed by atoms with Gasteiger partial charge in [-0.15, -0.1) is 0 Å². The Morgan fingerprint density at radius 2 is 2.00 bits per heavy atom. The van der Waals surface area contributed by atoms with E-state index < -0.39 is 0 Å². The summed E-state index contributed by atoms with van der Waals surface area (Å²) in [4.78, 5) is 11.9. The number of benzene rings is 1. The average Bonchev–Trinajstić information content (AvgIpc) is 2.38. The molecule has 1 aromatic rings. The first-order valence-corrected chi connectivity index (χ1v) is 7.14. The summed E-state index contributed by atoms with van der Waals surface area (Å²) in [6, 6.07) is 8.09. The molecule has 0 radical (unpaired) electrons. The molecule has 0 saturated carbocycles. The van der Waals surface area contributed by atoms with E-state index in [1.165, 1.54) is 5.56 Å². The Labute approximate surface area is 116 Å². The van der Waals surface area contributed by atoms with Gasteiger partial charge in [-0.25, -0.2) is 0 Å². The molecule has 1 rings (SSSR count). The first-order chi connectivity index (χ1) is 9.06. The normalized spacial score (nSPS) is 12.5. The van der Waals surface area contributed by atoms with Gasteiger partial charge in [0.2, 0.25) is 5.91 Å². The van der Waals surface area contributed by atoms with Crippen molar-refractivity contribution in [2.24, 2.45) is 11.7 Å². The average molecular weight is 262 g/mol. The predicted molar refractivity (Wildman–Crippen MR) is 79.9 cm³/mol. The Morgan fingerprint density at radius 3 is 2.58 bits per heavy atom. The third-order valence-electron chi connectivity index (χ3n) is 3.64. The molecule has 1 amide bonds. The van der Waals surface area contributed by atoms with Crippen LogP contribution in [0.3, 0.4) is 0 Å². The lowest BCUT2D eigenvalue weighted by Gasteiger charge is -2.21. The summed E-state index contributed by atoms with van der Waals surface area (Å²) in [6.07, 6.45) is 2.55. The number of carbonyl (C=O) groups is 1. The number of carbonyl (C=O) groups excluding carboxylic acids is 1. The lowest BCUT2D eigenvalue weighted by atomic mass is 9.95. The number of amides is 1. The molecule has 0 aliphatic carbocycles. The summed E-state index contributed by atoms with van der Waals surface area (Å²) in [7, 11) is 0. The van der Waals surface area contributed by atoms with Crippen LogP contribution in [0, 0.1) is 12.8 Å². The van der Waals surface area contributed by atoms with E-state index in [-0.39, 0.29) is 11.9 Å². The van der Waals surface area contributed by atoms with Gasteiger partial charge < -0.3 is 11.1 Å². The van der Waals surface area contributed by atoms with Crippen molar-refractivity contribution in [1.82, 2.24) is 5.32 Å². The van der Waals surface area contributed by atoms with Crippen LogP contribution in [0.4, 0.5) is 0 Å². The quantitative estimate of drug-likeness (QED) is 0.793. The molecule has 106 valence electrons. The summed E-state index contributed by atoms with van der Waals surface area (Å²) in [5.41, 5.74) is 8.32. The fraction of sp³-hybridized carbons (Fsp3) is 0.562. The van der Waals surface area contributed by atoms with Crippen LogP contribution in [0.2, 0.25) is 0 Å². The van der Waals surface area contributed by atoms with Crippen molar-refractivity contribution in [3.05, 3.63) is 35.4 Å². The zero-order valence-corrected chi connectivity index (χ0v) is 12.3. The van der Waals surface area contributed by atoms with Gasteiger partial charge in [0.25, 0.3) is 0 Å². The molecular formula is C16H26N2O. The van der Waals surface area contributed by atoms with E-state index in [4.69, 9.17) is 5.73 Å². The highest BCUT2D eigenvalue weighted by Gasteiger charge is 2.14. The van der Waals surface area contributed by atoms with Crippen LogP contribution in [0.25, 0.3) is 0 Å². The van der Waals surface area contributed by atoms with Crippen molar-refractivity contribution in [2.45, 2.75) is 46.1 Å². The summed E-state index contributed by atoms with van der Waals surface area (Å²) in [5, 5.41) is 2.94. The smallest absolute Gasteiger partial charge is 0.224 e. The highest BCUT2D eigenvalue weighted by Crippen LogP contribution is 2.10. The van der Waals surface area contributed by atoms with Gasteiger partial charge >= 0.3 is 0 Å². The zero-order valence-electron chi connectivity index (χ0n) is 12.3. The molecule has 1 aromatic carbocycles. The molecule has 0 spiro atoms. The van der Waals surface area contributed by atoms with Crippen molar-refractivity contribution in [3.8, 4) is 0 Å². The van der Waals surface area contributed by atoms with Crippen LogP contribution >= 0.6 is 0 Å². The van der Waals surface area contributed by atoms with Crippen LogP contribution in [0.15, 0.2) is 24.3 Å². The van der Waals surface area contributed by atoms with Crippen LogP contribution in [0.5, 0.6) is 0 Å². The topological polar surface area (TPSA) is 55.1 Å². The maximum absolute atomic E-state index is 11.9. The standard InChI is InChI=1S/C16H26N2O/c1-4-14(5-2)15(17)11-18-16(19)10-13-8-6-7-12(3)9-13/h6-9,14-15H,4-5,10-11,17H2,1-3H3,(H,18,19). The minimum absolute atomic E-state index is 0.0482. The van der Waals surface area contributed by atoms with E-state index in [0.29, 0.717) is 18.9 Å². The summed E-state index contributed by atoms with van der Waals surface area (Å²) in [5.74, 6) is 0.534. The van der Waals surface area contributed by atoms with Gasteiger partial charge in [0.1, 0.15) is 0 Å². The second kappa shape index (κ2) is 7.95. The van der Waals surface area contributed by atoms with Gasteiger partial charge in [0.15, 0.2) is 0 Å². The molecule has 0 heterocycles. The molecule has 0 aliphatic heterocycles. The minimum Gasteiger partial charge on any atom is -0.354 e. The van der Waals surface area contributed by atoms with E-state index in [0.717, 1.165) is 18.4 Å². The Balaban J connectivity index is 2.39. The molecule has 0 fully saturated rings. The van der Waals surface area contributed by atoms with Gasteiger partial charge in [-0.2, -0.15) is 0 Å². The molecule has 1 atom stereocenters. The van der Waals surface area contributed by atoms with Crippen LogP contribution < -0.4 is 11.1 Å². The summed E-state index contributed by atoms with van der Waals surface area (Å²) in [6.45, 7) is 6.88. The van der Waals surface area contributed by atoms with Gasteiger partial charge in [0.05, 0.1) is 6.42 Å². The monoisotopic (exact) mass is 262 g/mol. The third-order valence-corrected chi connectivity index (χ3v) is 3.64. The summed E-state index contributed by atoms with van der Waals surface area (Å²) >= 11 is 0. The highest BCUT2D eigenvalue weighted by atomic mass is 16.1. The molecule has 19 heavy (non-hydrogen) atoms. The third kappa shape index (κ3) is 5.43. The van der Waals surface area contributed by atoms with E-state index in [1.807, 2.05) is 31.2 Å².